The second-order valence-electron chi connectivity index (χ2n) is 6.36. The molecule has 5 nitrogen and oxygen atoms in total. The van der Waals surface area contributed by atoms with Crippen molar-refractivity contribution < 1.29 is 9.53 Å². The molecule has 1 aliphatic rings. The Morgan fingerprint density at radius 2 is 1.96 bits per heavy atom. The number of para-hydroxylation sites is 1. The molecule has 0 spiro atoms. The van der Waals surface area contributed by atoms with Gasteiger partial charge in [0.2, 0.25) is 0 Å². The summed E-state index contributed by atoms with van der Waals surface area (Å²) in [6, 6.07) is 13.4. The number of pyridine rings is 1. The minimum atomic E-state index is -0.536. The van der Waals surface area contributed by atoms with Crippen LogP contribution in [0.25, 0.3) is 0 Å². The molecule has 0 aliphatic carbocycles. The first-order chi connectivity index (χ1) is 12.2. The molecule has 0 saturated carbocycles. The van der Waals surface area contributed by atoms with E-state index in [1.54, 1.807) is 6.92 Å². The Hall–Kier alpha value is -2.56. The highest BCUT2D eigenvalue weighted by Gasteiger charge is 2.15. The van der Waals surface area contributed by atoms with E-state index >= 15 is 0 Å². The number of carbonyl (C=O) groups is 1. The van der Waals surface area contributed by atoms with Gasteiger partial charge in [-0.15, -0.1) is 0 Å². The van der Waals surface area contributed by atoms with Gasteiger partial charge in [-0.1, -0.05) is 18.2 Å². The van der Waals surface area contributed by atoms with Crippen LogP contribution in [0, 0.1) is 0 Å². The molecule has 0 bridgehead atoms. The zero-order valence-electron chi connectivity index (χ0n) is 14.6. The summed E-state index contributed by atoms with van der Waals surface area (Å²) in [6.45, 7) is 4.36. The highest BCUT2D eigenvalue weighted by molar-refractivity contribution is 5.80. The lowest BCUT2D eigenvalue weighted by Gasteiger charge is -2.28. The van der Waals surface area contributed by atoms with E-state index in [2.05, 4.69) is 21.3 Å². The summed E-state index contributed by atoms with van der Waals surface area (Å²) in [5, 5.41) is 2.94. The number of carbonyl (C=O) groups excluding carboxylic acids is 1. The monoisotopic (exact) mass is 339 g/mol. The zero-order valence-corrected chi connectivity index (χ0v) is 14.6. The van der Waals surface area contributed by atoms with Gasteiger partial charge in [0, 0.05) is 25.8 Å². The predicted molar refractivity (Wildman–Crippen MR) is 98.7 cm³/mol. The molecular formula is C20H25N3O2. The van der Waals surface area contributed by atoms with Crippen LogP contribution < -0.4 is 15.0 Å². The first kappa shape index (κ1) is 17.3. The molecular weight excluding hydrogens is 314 g/mol. The fourth-order valence-electron chi connectivity index (χ4n) is 2.96. The van der Waals surface area contributed by atoms with Gasteiger partial charge >= 0.3 is 0 Å². The van der Waals surface area contributed by atoms with E-state index in [1.807, 2.05) is 42.6 Å². The van der Waals surface area contributed by atoms with Crippen LogP contribution in [0.5, 0.6) is 5.75 Å². The summed E-state index contributed by atoms with van der Waals surface area (Å²) in [6.07, 6.45) is 5.01. The quantitative estimate of drug-likeness (QED) is 0.878. The average Bonchev–Trinajstić information content (AvgIpc) is 2.68. The number of rotatable bonds is 6. The van der Waals surface area contributed by atoms with E-state index in [0.717, 1.165) is 24.5 Å². The summed E-state index contributed by atoms with van der Waals surface area (Å²) < 4.78 is 5.65. The van der Waals surface area contributed by atoms with Crippen LogP contribution in [-0.2, 0) is 11.3 Å². The summed E-state index contributed by atoms with van der Waals surface area (Å²) >= 11 is 0. The summed E-state index contributed by atoms with van der Waals surface area (Å²) in [4.78, 5) is 19.0. The smallest absolute Gasteiger partial charge is 0.261 e. The Kier molecular flexibility index (Phi) is 5.88. The topological polar surface area (TPSA) is 54.5 Å². The number of hydrogen-bond acceptors (Lipinski definition) is 4. The van der Waals surface area contributed by atoms with Crippen molar-refractivity contribution in [2.75, 3.05) is 18.0 Å². The van der Waals surface area contributed by atoms with Crippen LogP contribution in [-0.4, -0.2) is 30.1 Å². The third kappa shape index (κ3) is 4.95. The van der Waals surface area contributed by atoms with Crippen molar-refractivity contribution in [3.05, 3.63) is 54.2 Å². The van der Waals surface area contributed by atoms with Crippen LogP contribution in [0.1, 0.15) is 31.7 Å². The molecule has 5 heteroatoms. The fraction of sp³-hybridized carbons (Fsp3) is 0.400. The Balaban J connectivity index is 1.53. The number of anilines is 1. The maximum absolute atomic E-state index is 12.2. The number of aromatic nitrogens is 1. The van der Waals surface area contributed by atoms with Gasteiger partial charge in [0.05, 0.1) is 0 Å². The summed E-state index contributed by atoms with van der Waals surface area (Å²) in [7, 11) is 0. The predicted octanol–water partition coefficient (Wildman–Crippen LogP) is 3.16. The molecule has 1 unspecified atom stereocenters. The standard InChI is InChI=1S/C20H25N3O2/c1-16(25-18-8-4-2-5-9-18)20(24)22-15-17-10-11-21-19(14-17)23-12-6-3-7-13-23/h2,4-5,8-11,14,16H,3,6-7,12-13,15H2,1H3,(H,22,24). The van der Waals surface area contributed by atoms with Crippen molar-refractivity contribution in [3.63, 3.8) is 0 Å². The van der Waals surface area contributed by atoms with Crippen LogP contribution in [0.4, 0.5) is 5.82 Å². The molecule has 1 N–H and O–H groups in total. The van der Waals surface area contributed by atoms with Gasteiger partial charge in [-0.25, -0.2) is 4.98 Å². The maximum Gasteiger partial charge on any atom is 0.261 e. The van der Waals surface area contributed by atoms with Crippen molar-refractivity contribution in [2.45, 2.75) is 38.8 Å². The van der Waals surface area contributed by atoms with Crippen LogP contribution in [0.2, 0.25) is 0 Å². The molecule has 1 aliphatic heterocycles. The van der Waals surface area contributed by atoms with Crippen LogP contribution >= 0.6 is 0 Å². The van der Waals surface area contributed by atoms with E-state index in [9.17, 15) is 4.79 Å². The number of nitrogens with zero attached hydrogens (tertiary/aromatic N) is 2. The lowest BCUT2D eigenvalue weighted by molar-refractivity contribution is -0.127. The molecule has 3 rings (SSSR count). The van der Waals surface area contributed by atoms with E-state index < -0.39 is 6.10 Å². The highest BCUT2D eigenvalue weighted by Crippen LogP contribution is 2.18. The Morgan fingerprint density at radius 3 is 2.72 bits per heavy atom. The third-order valence-electron chi connectivity index (χ3n) is 4.38. The van der Waals surface area contributed by atoms with Gasteiger partial charge in [-0.05, 0) is 56.0 Å². The van der Waals surface area contributed by atoms with E-state index in [0.29, 0.717) is 12.3 Å². The van der Waals surface area contributed by atoms with E-state index in [1.165, 1.54) is 19.3 Å². The maximum atomic E-state index is 12.2. The number of amides is 1. The molecule has 2 aromatic rings. The number of hydrogen-bond donors (Lipinski definition) is 1. The van der Waals surface area contributed by atoms with Crippen molar-refractivity contribution in [1.29, 1.82) is 0 Å². The first-order valence-electron chi connectivity index (χ1n) is 8.91. The molecule has 1 aromatic carbocycles. The minimum absolute atomic E-state index is 0.125. The summed E-state index contributed by atoms with van der Waals surface area (Å²) in [5.74, 6) is 1.57. The number of ether oxygens (including phenoxy) is 1. The molecule has 132 valence electrons. The normalized spacial score (nSPS) is 15.5. The molecule has 25 heavy (non-hydrogen) atoms. The third-order valence-corrected chi connectivity index (χ3v) is 4.38. The SMILES string of the molecule is CC(Oc1ccccc1)C(=O)NCc1ccnc(N2CCCCC2)c1. The molecule has 1 amide bonds. The average molecular weight is 339 g/mol. The van der Waals surface area contributed by atoms with Crippen LogP contribution in [0.15, 0.2) is 48.7 Å². The van der Waals surface area contributed by atoms with Crippen molar-refractivity contribution in [2.24, 2.45) is 0 Å². The van der Waals surface area contributed by atoms with Gasteiger partial charge < -0.3 is 15.0 Å². The number of nitrogens with one attached hydrogen (secondary N) is 1. The van der Waals surface area contributed by atoms with Gasteiger partial charge in [0.15, 0.2) is 6.10 Å². The number of piperidine rings is 1. The molecule has 2 heterocycles. The molecule has 1 saturated heterocycles. The largest absolute Gasteiger partial charge is 0.481 e. The van der Waals surface area contributed by atoms with E-state index in [-0.39, 0.29) is 5.91 Å². The first-order valence-corrected chi connectivity index (χ1v) is 8.91. The zero-order chi connectivity index (χ0) is 17.5. The van der Waals surface area contributed by atoms with Crippen LogP contribution in [0.3, 0.4) is 0 Å². The second-order valence-corrected chi connectivity index (χ2v) is 6.36. The lowest BCUT2D eigenvalue weighted by atomic mass is 10.1. The fourth-order valence-corrected chi connectivity index (χ4v) is 2.96. The van der Waals surface area contributed by atoms with Gasteiger partial charge in [-0.3, -0.25) is 4.79 Å². The molecule has 0 radical (unpaired) electrons. The van der Waals surface area contributed by atoms with E-state index in [4.69, 9.17) is 4.74 Å². The minimum Gasteiger partial charge on any atom is -0.481 e. The lowest BCUT2D eigenvalue weighted by Crippen LogP contribution is -2.36. The molecule has 1 aromatic heterocycles. The van der Waals surface area contributed by atoms with Crippen molar-refractivity contribution in [1.82, 2.24) is 10.3 Å². The molecule has 1 fully saturated rings. The Bertz CT molecular complexity index is 684. The van der Waals surface area contributed by atoms with Crippen molar-refractivity contribution >= 4 is 11.7 Å². The summed E-state index contributed by atoms with van der Waals surface area (Å²) in [5.41, 5.74) is 1.05. The van der Waals surface area contributed by atoms with Gasteiger partial charge in [0.25, 0.3) is 5.91 Å². The Morgan fingerprint density at radius 1 is 1.20 bits per heavy atom. The second kappa shape index (κ2) is 8.51. The highest BCUT2D eigenvalue weighted by atomic mass is 16.5. The Labute approximate surface area is 149 Å². The number of benzene rings is 1. The van der Waals surface area contributed by atoms with Crippen molar-refractivity contribution in [3.8, 4) is 5.75 Å². The van der Waals surface area contributed by atoms with Gasteiger partial charge in [0.1, 0.15) is 11.6 Å². The van der Waals surface area contributed by atoms with Gasteiger partial charge in [-0.2, -0.15) is 0 Å². The molecule has 1 atom stereocenters.